The molecule has 0 saturated heterocycles. The minimum absolute atomic E-state index is 0.144. The Labute approximate surface area is 121 Å². The zero-order valence-corrected chi connectivity index (χ0v) is 13.2. The number of ether oxygens (including phenoxy) is 1. The van der Waals surface area contributed by atoms with Crippen molar-refractivity contribution in [3.63, 3.8) is 0 Å². The first-order chi connectivity index (χ1) is 9.06. The van der Waals surface area contributed by atoms with Crippen molar-refractivity contribution in [1.29, 1.82) is 0 Å². The van der Waals surface area contributed by atoms with E-state index in [0.717, 1.165) is 25.2 Å². The minimum Gasteiger partial charge on any atom is -0.383 e. The maximum atomic E-state index is 12.0. The third-order valence-corrected chi connectivity index (χ3v) is 3.36. The summed E-state index contributed by atoms with van der Waals surface area (Å²) >= 11 is 3.32. The molecule has 0 unspecified atom stereocenters. The van der Waals surface area contributed by atoms with E-state index >= 15 is 0 Å². The van der Waals surface area contributed by atoms with Gasteiger partial charge in [0.1, 0.15) is 4.47 Å². The summed E-state index contributed by atoms with van der Waals surface area (Å²) < 4.78 is 6.84. The van der Waals surface area contributed by atoms with Crippen LogP contribution in [-0.4, -0.2) is 55.6 Å². The van der Waals surface area contributed by atoms with Gasteiger partial charge in [0, 0.05) is 13.7 Å². The van der Waals surface area contributed by atoms with Crippen LogP contribution in [0.15, 0.2) is 15.5 Å². The summed E-state index contributed by atoms with van der Waals surface area (Å²) in [5, 5.41) is 7.32. The van der Waals surface area contributed by atoms with E-state index in [1.807, 2.05) is 14.1 Å². The highest BCUT2D eigenvalue weighted by atomic mass is 79.9. The second kappa shape index (κ2) is 8.29. The van der Waals surface area contributed by atoms with Crippen LogP contribution < -0.4 is 10.9 Å². The quantitative estimate of drug-likeness (QED) is 0.720. The predicted molar refractivity (Wildman–Crippen MR) is 79.7 cm³/mol. The van der Waals surface area contributed by atoms with Crippen molar-refractivity contribution in [2.24, 2.45) is 0 Å². The number of anilines is 1. The molecule has 0 fully saturated rings. The fraction of sp³-hybridized carbons (Fsp3) is 0.667. The Bertz CT molecular complexity index is 448. The van der Waals surface area contributed by atoms with Gasteiger partial charge in [-0.25, -0.2) is 4.68 Å². The molecule has 6 nitrogen and oxygen atoms in total. The smallest absolute Gasteiger partial charge is 0.283 e. The topological polar surface area (TPSA) is 59.4 Å². The number of halogens is 1. The second-order valence-corrected chi connectivity index (χ2v) is 5.27. The molecule has 7 heteroatoms. The zero-order chi connectivity index (χ0) is 14.3. The van der Waals surface area contributed by atoms with Crippen LogP contribution in [-0.2, 0) is 11.3 Å². The molecule has 0 aliphatic rings. The van der Waals surface area contributed by atoms with Crippen molar-refractivity contribution in [2.45, 2.75) is 13.0 Å². The van der Waals surface area contributed by atoms with Gasteiger partial charge in [-0.15, -0.1) is 0 Å². The first-order valence-corrected chi connectivity index (χ1v) is 6.98. The van der Waals surface area contributed by atoms with Gasteiger partial charge in [-0.3, -0.25) is 4.79 Å². The summed E-state index contributed by atoms with van der Waals surface area (Å²) in [6.07, 6.45) is 2.67. The van der Waals surface area contributed by atoms with E-state index in [4.69, 9.17) is 4.74 Å². The minimum atomic E-state index is -0.144. The lowest BCUT2D eigenvalue weighted by atomic mass is 10.3. The largest absolute Gasteiger partial charge is 0.383 e. The SMILES string of the molecule is COCCn1ncc(NCCCN(C)C)c(Br)c1=O. The summed E-state index contributed by atoms with van der Waals surface area (Å²) in [5.41, 5.74) is 0.590. The molecule has 1 heterocycles. The van der Waals surface area contributed by atoms with Gasteiger partial charge in [-0.05, 0) is 43.0 Å². The lowest BCUT2D eigenvalue weighted by Crippen LogP contribution is -2.26. The van der Waals surface area contributed by atoms with Gasteiger partial charge in [-0.1, -0.05) is 0 Å². The fourth-order valence-corrected chi connectivity index (χ4v) is 1.99. The molecule has 19 heavy (non-hydrogen) atoms. The molecule has 0 aliphatic carbocycles. The summed E-state index contributed by atoms with van der Waals surface area (Å²) in [6, 6.07) is 0. The van der Waals surface area contributed by atoms with E-state index in [-0.39, 0.29) is 5.56 Å². The number of nitrogens with one attached hydrogen (secondary N) is 1. The highest BCUT2D eigenvalue weighted by molar-refractivity contribution is 9.10. The van der Waals surface area contributed by atoms with Gasteiger partial charge < -0.3 is 15.0 Å². The van der Waals surface area contributed by atoms with Gasteiger partial charge >= 0.3 is 0 Å². The van der Waals surface area contributed by atoms with Crippen LogP contribution in [0.1, 0.15) is 6.42 Å². The zero-order valence-electron chi connectivity index (χ0n) is 11.6. The Morgan fingerprint density at radius 3 is 2.89 bits per heavy atom. The Morgan fingerprint density at radius 2 is 2.26 bits per heavy atom. The maximum absolute atomic E-state index is 12.0. The molecule has 108 valence electrons. The molecule has 1 N–H and O–H groups in total. The Hall–Kier alpha value is -0.920. The number of hydrogen-bond acceptors (Lipinski definition) is 5. The van der Waals surface area contributed by atoms with Crippen molar-refractivity contribution in [1.82, 2.24) is 14.7 Å². The molecule has 0 saturated carbocycles. The van der Waals surface area contributed by atoms with Crippen molar-refractivity contribution in [3.8, 4) is 0 Å². The molecule has 0 bridgehead atoms. The highest BCUT2D eigenvalue weighted by Gasteiger charge is 2.08. The van der Waals surface area contributed by atoms with Gasteiger partial charge in [0.2, 0.25) is 0 Å². The maximum Gasteiger partial charge on any atom is 0.283 e. The second-order valence-electron chi connectivity index (χ2n) is 4.48. The first-order valence-electron chi connectivity index (χ1n) is 6.19. The van der Waals surface area contributed by atoms with E-state index in [0.29, 0.717) is 17.6 Å². The van der Waals surface area contributed by atoms with Crippen LogP contribution in [0.3, 0.4) is 0 Å². The van der Waals surface area contributed by atoms with Gasteiger partial charge in [-0.2, -0.15) is 5.10 Å². The van der Waals surface area contributed by atoms with Crippen molar-refractivity contribution in [3.05, 3.63) is 21.0 Å². The van der Waals surface area contributed by atoms with Gasteiger partial charge in [0.25, 0.3) is 5.56 Å². The van der Waals surface area contributed by atoms with Crippen LogP contribution >= 0.6 is 15.9 Å². The molecule has 0 spiro atoms. The standard InChI is InChI=1S/C12H21BrN4O2/c1-16(2)6-4-5-14-10-9-15-17(7-8-19-3)12(18)11(10)13/h9,14H,4-8H2,1-3H3. The average molecular weight is 333 g/mol. The van der Waals surface area contributed by atoms with Crippen molar-refractivity contribution >= 4 is 21.6 Å². The molecule has 1 aromatic heterocycles. The number of rotatable bonds is 8. The number of hydrogen-bond donors (Lipinski definition) is 1. The average Bonchev–Trinajstić information content (AvgIpc) is 2.38. The van der Waals surface area contributed by atoms with Gasteiger partial charge in [0.15, 0.2) is 0 Å². The summed E-state index contributed by atoms with van der Waals surface area (Å²) in [5.74, 6) is 0. The predicted octanol–water partition coefficient (Wildman–Crippen LogP) is 1.02. The lowest BCUT2D eigenvalue weighted by Gasteiger charge is -2.12. The molecule has 1 aromatic rings. The van der Waals surface area contributed by atoms with Crippen LogP contribution in [0.25, 0.3) is 0 Å². The molecule has 0 radical (unpaired) electrons. The van der Waals surface area contributed by atoms with Crippen LogP contribution in [0.2, 0.25) is 0 Å². The van der Waals surface area contributed by atoms with E-state index < -0.39 is 0 Å². The number of nitrogens with zero attached hydrogens (tertiary/aromatic N) is 3. The number of aromatic nitrogens is 2. The van der Waals surface area contributed by atoms with Crippen molar-refractivity contribution < 1.29 is 4.74 Å². The van der Waals surface area contributed by atoms with Crippen LogP contribution in [0, 0.1) is 0 Å². The molecule has 0 atom stereocenters. The Morgan fingerprint density at radius 1 is 1.53 bits per heavy atom. The molecule has 0 aromatic carbocycles. The molecular weight excluding hydrogens is 312 g/mol. The van der Waals surface area contributed by atoms with E-state index in [2.05, 4.69) is 31.2 Å². The molecule has 0 aliphatic heterocycles. The van der Waals surface area contributed by atoms with E-state index in [9.17, 15) is 4.79 Å². The first kappa shape index (κ1) is 16.1. The third kappa shape index (κ3) is 5.30. The summed E-state index contributed by atoms with van der Waals surface area (Å²) in [7, 11) is 5.67. The molecule has 0 amide bonds. The Kier molecular flexibility index (Phi) is 7.04. The Balaban J connectivity index is 2.61. The molecule has 1 rings (SSSR count). The molecular formula is C12H21BrN4O2. The summed E-state index contributed by atoms with van der Waals surface area (Å²) in [6.45, 7) is 2.73. The van der Waals surface area contributed by atoms with Gasteiger partial charge in [0.05, 0.1) is 25.0 Å². The fourth-order valence-electron chi connectivity index (χ4n) is 1.54. The van der Waals surface area contributed by atoms with Crippen LogP contribution in [0.5, 0.6) is 0 Å². The normalized spacial score (nSPS) is 11.0. The van der Waals surface area contributed by atoms with Crippen LogP contribution in [0.4, 0.5) is 5.69 Å². The third-order valence-electron chi connectivity index (χ3n) is 2.59. The lowest BCUT2D eigenvalue weighted by molar-refractivity contribution is 0.181. The van der Waals surface area contributed by atoms with E-state index in [1.54, 1.807) is 13.3 Å². The highest BCUT2D eigenvalue weighted by Crippen LogP contribution is 2.15. The van der Waals surface area contributed by atoms with E-state index in [1.165, 1.54) is 4.68 Å². The number of methoxy groups -OCH3 is 1. The summed E-state index contributed by atoms with van der Waals surface area (Å²) in [4.78, 5) is 14.1. The monoisotopic (exact) mass is 332 g/mol. The van der Waals surface area contributed by atoms with Crippen molar-refractivity contribution in [2.75, 3.05) is 46.2 Å².